The molecule has 0 aliphatic rings. The second-order valence-corrected chi connectivity index (χ2v) is 3.48. The molecule has 0 spiro atoms. The van der Waals surface area contributed by atoms with E-state index < -0.39 is 0 Å². The number of phenolic OH excluding ortho intramolecular Hbond substituents is 1. The van der Waals surface area contributed by atoms with Gasteiger partial charge in [-0.05, 0) is 6.07 Å². The van der Waals surface area contributed by atoms with Crippen molar-refractivity contribution in [2.45, 2.75) is 12.8 Å². The zero-order chi connectivity index (χ0) is 12.7. The molecule has 92 valence electrons. The zero-order valence-corrected chi connectivity index (χ0v) is 9.60. The summed E-state index contributed by atoms with van der Waals surface area (Å²) in [5.41, 5.74) is 0.558. The summed E-state index contributed by atoms with van der Waals surface area (Å²) >= 11 is 0. The highest BCUT2D eigenvalue weighted by Gasteiger charge is 2.07. The Kier molecular flexibility index (Phi) is 5.00. The Morgan fingerprint density at radius 2 is 2.06 bits per heavy atom. The number of hydrogen-bond acceptors (Lipinski definition) is 4. The highest BCUT2D eigenvalue weighted by atomic mass is 16.5. The first kappa shape index (κ1) is 13.0. The number of para-hydroxylation sites is 1. The number of ether oxygens (including phenoxy) is 1. The molecule has 0 aromatic heterocycles. The summed E-state index contributed by atoms with van der Waals surface area (Å²) in [7, 11) is 1.30. The summed E-state index contributed by atoms with van der Waals surface area (Å²) in [4.78, 5) is 22.3. The summed E-state index contributed by atoms with van der Waals surface area (Å²) in [6.45, 7) is 0.235. The minimum Gasteiger partial charge on any atom is -0.508 e. The van der Waals surface area contributed by atoms with Crippen LogP contribution in [0.5, 0.6) is 5.75 Å². The molecule has 0 bridgehead atoms. The van der Waals surface area contributed by atoms with E-state index in [-0.39, 0.29) is 37.0 Å². The first-order valence-corrected chi connectivity index (χ1v) is 5.24. The van der Waals surface area contributed by atoms with Crippen LogP contribution in [-0.4, -0.2) is 30.6 Å². The minimum atomic E-state index is -0.368. The molecule has 0 radical (unpaired) electrons. The molecule has 0 atom stereocenters. The lowest BCUT2D eigenvalue weighted by atomic mass is 10.1. The monoisotopic (exact) mass is 237 g/mol. The Labute approximate surface area is 99.4 Å². The van der Waals surface area contributed by atoms with Gasteiger partial charge >= 0.3 is 5.97 Å². The third kappa shape index (κ3) is 4.55. The fourth-order valence-electron chi connectivity index (χ4n) is 1.30. The van der Waals surface area contributed by atoms with Crippen LogP contribution in [0, 0.1) is 0 Å². The molecule has 0 saturated carbocycles. The van der Waals surface area contributed by atoms with Crippen LogP contribution in [0.3, 0.4) is 0 Å². The van der Waals surface area contributed by atoms with E-state index in [1.807, 2.05) is 0 Å². The molecule has 2 N–H and O–H groups in total. The van der Waals surface area contributed by atoms with Crippen molar-refractivity contribution in [2.75, 3.05) is 13.7 Å². The molecule has 1 aromatic rings. The quantitative estimate of drug-likeness (QED) is 0.736. The van der Waals surface area contributed by atoms with Crippen molar-refractivity contribution in [3.8, 4) is 5.75 Å². The Hall–Kier alpha value is -2.04. The van der Waals surface area contributed by atoms with Gasteiger partial charge in [0.05, 0.1) is 20.0 Å². The SMILES string of the molecule is COC(=O)CCNC(=O)Cc1ccccc1O. The second-order valence-electron chi connectivity index (χ2n) is 3.48. The summed E-state index contributed by atoms with van der Waals surface area (Å²) in [6.07, 6.45) is 0.233. The van der Waals surface area contributed by atoms with Gasteiger partial charge in [0, 0.05) is 12.1 Å². The third-order valence-corrected chi connectivity index (χ3v) is 2.22. The number of carbonyl (C=O) groups is 2. The van der Waals surface area contributed by atoms with Gasteiger partial charge in [-0.25, -0.2) is 0 Å². The lowest BCUT2D eigenvalue weighted by Gasteiger charge is -2.05. The van der Waals surface area contributed by atoms with Crippen molar-refractivity contribution >= 4 is 11.9 Å². The van der Waals surface area contributed by atoms with E-state index in [1.165, 1.54) is 13.2 Å². The second kappa shape index (κ2) is 6.52. The van der Waals surface area contributed by atoms with Crippen LogP contribution in [0.25, 0.3) is 0 Å². The van der Waals surface area contributed by atoms with Crippen LogP contribution in [0.2, 0.25) is 0 Å². The molecule has 0 unspecified atom stereocenters. The highest BCUT2D eigenvalue weighted by molar-refractivity contribution is 5.79. The number of carbonyl (C=O) groups excluding carboxylic acids is 2. The fraction of sp³-hybridized carbons (Fsp3) is 0.333. The van der Waals surface area contributed by atoms with E-state index in [9.17, 15) is 14.7 Å². The van der Waals surface area contributed by atoms with Crippen molar-refractivity contribution < 1.29 is 19.4 Å². The van der Waals surface area contributed by atoms with Gasteiger partial charge in [0.25, 0.3) is 0 Å². The summed E-state index contributed by atoms with van der Waals surface area (Å²) in [5.74, 6) is -0.515. The highest BCUT2D eigenvalue weighted by Crippen LogP contribution is 2.15. The average molecular weight is 237 g/mol. The number of hydrogen-bond donors (Lipinski definition) is 2. The Balaban J connectivity index is 2.35. The minimum absolute atomic E-state index is 0.0911. The van der Waals surface area contributed by atoms with Gasteiger partial charge in [-0.3, -0.25) is 9.59 Å². The van der Waals surface area contributed by atoms with Gasteiger partial charge in [0.15, 0.2) is 0 Å². The predicted octanol–water partition coefficient (Wildman–Crippen LogP) is 0.614. The van der Waals surface area contributed by atoms with Crippen LogP contribution >= 0.6 is 0 Å². The molecule has 0 saturated heterocycles. The molecule has 0 heterocycles. The van der Waals surface area contributed by atoms with Crippen molar-refractivity contribution in [2.24, 2.45) is 0 Å². The summed E-state index contributed by atoms with van der Waals surface area (Å²) < 4.78 is 4.44. The van der Waals surface area contributed by atoms with Crippen molar-refractivity contribution in [3.05, 3.63) is 29.8 Å². The summed E-state index contributed by atoms with van der Waals surface area (Å²) in [5, 5.41) is 12.0. The van der Waals surface area contributed by atoms with Gasteiger partial charge in [-0.1, -0.05) is 18.2 Å². The molecule has 1 amide bonds. The van der Waals surface area contributed by atoms with Crippen LogP contribution < -0.4 is 5.32 Å². The average Bonchev–Trinajstić information content (AvgIpc) is 2.32. The number of rotatable bonds is 5. The molecule has 1 rings (SSSR count). The maximum absolute atomic E-state index is 11.5. The van der Waals surface area contributed by atoms with Crippen molar-refractivity contribution in [3.63, 3.8) is 0 Å². The Bertz CT molecular complexity index is 403. The molecule has 0 aliphatic heterocycles. The van der Waals surface area contributed by atoms with E-state index in [0.29, 0.717) is 5.56 Å². The molecule has 5 nitrogen and oxygen atoms in total. The number of esters is 1. The number of methoxy groups -OCH3 is 1. The Morgan fingerprint density at radius 3 is 2.71 bits per heavy atom. The van der Waals surface area contributed by atoms with Crippen LogP contribution in [0.15, 0.2) is 24.3 Å². The van der Waals surface area contributed by atoms with E-state index in [4.69, 9.17) is 0 Å². The van der Waals surface area contributed by atoms with Gasteiger partial charge in [0.2, 0.25) is 5.91 Å². The largest absolute Gasteiger partial charge is 0.508 e. The molecular formula is C12H15NO4. The van der Waals surface area contributed by atoms with E-state index in [2.05, 4.69) is 10.1 Å². The maximum Gasteiger partial charge on any atom is 0.307 e. The fourth-order valence-corrected chi connectivity index (χ4v) is 1.30. The smallest absolute Gasteiger partial charge is 0.307 e. The van der Waals surface area contributed by atoms with Gasteiger partial charge < -0.3 is 15.2 Å². The summed E-state index contributed by atoms with van der Waals surface area (Å²) in [6, 6.07) is 6.64. The molecular weight excluding hydrogens is 222 g/mol. The number of benzene rings is 1. The third-order valence-electron chi connectivity index (χ3n) is 2.22. The Morgan fingerprint density at radius 1 is 1.35 bits per heavy atom. The number of amides is 1. The standard InChI is InChI=1S/C12H15NO4/c1-17-12(16)6-7-13-11(15)8-9-4-2-3-5-10(9)14/h2-5,14H,6-8H2,1H3,(H,13,15). The maximum atomic E-state index is 11.5. The van der Waals surface area contributed by atoms with Crippen LogP contribution in [0.4, 0.5) is 0 Å². The van der Waals surface area contributed by atoms with Crippen molar-refractivity contribution in [1.29, 1.82) is 0 Å². The van der Waals surface area contributed by atoms with Crippen LogP contribution in [0.1, 0.15) is 12.0 Å². The lowest BCUT2D eigenvalue weighted by Crippen LogP contribution is -2.27. The first-order chi connectivity index (χ1) is 8.13. The normalized spacial score (nSPS) is 9.71. The lowest BCUT2D eigenvalue weighted by molar-refractivity contribution is -0.140. The number of nitrogens with one attached hydrogen (secondary N) is 1. The predicted molar refractivity (Wildman–Crippen MR) is 61.5 cm³/mol. The molecule has 0 aliphatic carbocycles. The van der Waals surface area contributed by atoms with Gasteiger partial charge in [-0.15, -0.1) is 0 Å². The van der Waals surface area contributed by atoms with E-state index in [0.717, 1.165) is 0 Å². The molecule has 17 heavy (non-hydrogen) atoms. The number of phenols is 1. The topological polar surface area (TPSA) is 75.6 Å². The van der Waals surface area contributed by atoms with E-state index >= 15 is 0 Å². The van der Waals surface area contributed by atoms with Crippen LogP contribution in [-0.2, 0) is 20.7 Å². The van der Waals surface area contributed by atoms with Gasteiger partial charge in [-0.2, -0.15) is 0 Å². The molecule has 5 heteroatoms. The van der Waals surface area contributed by atoms with Crippen molar-refractivity contribution in [1.82, 2.24) is 5.32 Å². The number of aromatic hydroxyl groups is 1. The first-order valence-electron chi connectivity index (χ1n) is 5.24. The molecule has 1 aromatic carbocycles. The zero-order valence-electron chi connectivity index (χ0n) is 9.60. The van der Waals surface area contributed by atoms with Gasteiger partial charge in [0.1, 0.15) is 5.75 Å². The molecule has 0 fully saturated rings. The van der Waals surface area contributed by atoms with E-state index in [1.54, 1.807) is 18.2 Å².